The van der Waals surface area contributed by atoms with E-state index in [0.717, 1.165) is 35.3 Å². The number of halogens is 2. The summed E-state index contributed by atoms with van der Waals surface area (Å²) in [5, 5.41) is 6.24. The number of aliphatic imine (C=N–C) groups is 1. The summed E-state index contributed by atoms with van der Waals surface area (Å²) in [5.41, 5.74) is 0.877. The van der Waals surface area contributed by atoms with Gasteiger partial charge in [0.15, 0.2) is 5.96 Å². The number of anilines is 1. The highest BCUT2D eigenvalue weighted by atomic mass is 127. The normalized spacial score (nSPS) is 19.5. The molecule has 128 valence electrons. The number of guanidine groups is 1. The Morgan fingerprint density at radius 3 is 2.78 bits per heavy atom. The molecule has 0 amide bonds. The number of nitrogens with zero attached hydrogens (tertiary/aromatic N) is 2. The maximum Gasteiger partial charge on any atom is 0.235 e. The van der Waals surface area contributed by atoms with Gasteiger partial charge in [-0.2, -0.15) is 0 Å². The van der Waals surface area contributed by atoms with Crippen LogP contribution >= 0.6 is 24.0 Å². The van der Waals surface area contributed by atoms with Crippen LogP contribution in [0.4, 0.5) is 10.1 Å². The van der Waals surface area contributed by atoms with Gasteiger partial charge >= 0.3 is 0 Å². The monoisotopic (exact) mass is 454 g/mol. The first-order valence-corrected chi connectivity index (χ1v) is 8.98. The van der Waals surface area contributed by atoms with Gasteiger partial charge in [-0.25, -0.2) is 12.8 Å². The van der Waals surface area contributed by atoms with E-state index in [-0.39, 0.29) is 35.4 Å². The predicted molar refractivity (Wildman–Crippen MR) is 99.3 cm³/mol. The third-order valence-corrected chi connectivity index (χ3v) is 5.59. The molecule has 0 aromatic heterocycles. The first-order valence-electron chi connectivity index (χ1n) is 7.37. The molecule has 2 N–H and O–H groups in total. The molecule has 0 spiro atoms. The molecule has 0 aliphatic carbocycles. The molecule has 0 bridgehead atoms. The van der Waals surface area contributed by atoms with Gasteiger partial charge in [0.25, 0.3) is 0 Å². The molecule has 1 aromatic rings. The van der Waals surface area contributed by atoms with Crippen molar-refractivity contribution in [2.75, 3.05) is 29.7 Å². The van der Waals surface area contributed by atoms with E-state index in [2.05, 4.69) is 15.6 Å². The van der Waals surface area contributed by atoms with Crippen molar-refractivity contribution >= 4 is 45.6 Å². The summed E-state index contributed by atoms with van der Waals surface area (Å²) in [4.78, 5) is 4.28. The fraction of sp³-hybridized carbons (Fsp3) is 0.500. The average Bonchev–Trinajstić information content (AvgIpc) is 2.86. The quantitative estimate of drug-likeness (QED) is 0.678. The van der Waals surface area contributed by atoms with E-state index in [1.54, 1.807) is 6.07 Å². The van der Waals surface area contributed by atoms with Crippen LogP contribution in [0.2, 0.25) is 0 Å². The van der Waals surface area contributed by atoms with Crippen molar-refractivity contribution in [2.45, 2.75) is 19.4 Å². The van der Waals surface area contributed by atoms with Gasteiger partial charge < -0.3 is 10.6 Å². The third-order valence-electron chi connectivity index (χ3n) is 3.74. The minimum atomic E-state index is -3.36. The van der Waals surface area contributed by atoms with Crippen LogP contribution in [0.1, 0.15) is 18.4 Å². The Bertz CT molecular complexity index is 696. The van der Waals surface area contributed by atoms with Crippen molar-refractivity contribution in [1.29, 1.82) is 0 Å². The van der Waals surface area contributed by atoms with E-state index in [1.165, 1.54) is 12.1 Å². The highest BCUT2D eigenvalue weighted by Crippen LogP contribution is 2.27. The zero-order chi connectivity index (χ0) is 15.6. The molecular weight excluding hydrogens is 434 g/mol. The van der Waals surface area contributed by atoms with Crippen LogP contribution in [0.5, 0.6) is 0 Å². The average molecular weight is 454 g/mol. The SMILES string of the molecule is I.O=S1(=O)CCCN1c1ccc(CNC2=NCCCN2)cc1F. The zero-order valence-corrected chi connectivity index (χ0v) is 15.7. The molecule has 9 heteroatoms. The number of benzene rings is 1. The lowest BCUT2D eigenvalue weighted by Gasteiger charge is -2.19. The summed E-state index contributed by atoms with van der Waals surface area (Å²) >= 11 is 0. The molecule has 0 unspecified atom stereocenters. The van der Waals surface area contributed by atoms with Crippen molar-refractivity contribution < 1.29 is 12.8 Å². The van der Waals surface area contributed by atoms with Gasteiger partial charge in [-0.05, 0) is 30.5 Å². The number of rotatable bonds is 3. The second kappa shape index (κ2) is 7.65. The molecule has 2 aliphatic rings. The van der Waals surface area contributed by atoms with Crippen molar-refractivity contribution in [3.63, 3.8) is 0 Å². The standard InChI is InChI=1S/C14H19FN4O2S.HI/c15-12-9-11(10-18-14-16-5-1-6-17-14)3-4-13(12)19-7-2-8-22(19,20)21;/h3-4,9H,1-2,5-8,10H2,(H2,16,17,18);1H. The van der Waals surface area contributed by atoms with Crippen molar-refractivity contribution in [3.8, 4) is 0 Å². The number of hydrogen-bond donors (Lipinski definition) is 2. The number of sulfonamides is 1. The molecule has 0 atom stereocenters. The van der Waals surface area contributed by atoms with Crippen LogP contribution in [0, 0.1) is 5.82 Å². The summed E-state index contributed by atoms with van der Waals surface area (Å²) < 4.78 is 39.1. The van der Waals surface area contributed by atoms with E-state index in [1.807, 2.05) is 0 Å². The number of hydrogen-bond acceptors (Lipinski definition) is 5. The highest BCUT2D eigenvalue weighted by Gasteiger charge is 2.30. The van der Waals surface area contributed by atoms with Crippen LogP contribution in [0.25, 0.3) is 0 Å². The lowest BCUT2D eigenvalue weighted by molar-refractivity contribution is 0.594. The molecular formula is C14H20FIN4O2S. The van der Waals surface area contributed by atoms with Crippen LogP contribution in [-0.2, 0) is 16.6 Å². The fourth-order valence-electron chi connectivity index (χ4n) is 2.61. The fourth-order valence-corrected chi connectivity index (χ4v) is 4.18. The molecule has 6 nitrogen and oxygen atoms in total. The molecule has 0 saturated carbocycles. The molecule has 23 heavy (non-hydrogen) atoms. The molecule has 2 aliphatic heterocycles. The van der Waals surface area contributed by atoms with Gasteiger partial charge in [0.2, 0.25) is 10.0 Å². The maximum absolute atomic E-state index is 14.2. The zero-order valence-electron chi connectivity index (χ0n) is 12.6. The van der Waals surface area contributed by atoms with Gasteiger partial charge in [0, 0.05) is 26.2 Å². The summed E-state index contributed by atoms with van der Waals surface area (Å²) in [6.45, 7) is 2.45. The molecule has 2 heterocycles. The van der Waals surface area contributed by atoms with Crippen LogP contribution in [0.15, 0.2) is 23.2 Å². The minimum absolute atomic E-state index is 0. The summed E-state index contributed by atoms with van der Waals surface area (Å²) in [7, 11) is -3.36. The van der Waals surface area contributed by atoms with E-state index in [0.29, 0.717) is 19.5 Å². The number of nitrogens with one attached hydrogen (secondary N) is 2. The molecule has 1 aromatic carbocycles. The van der Waals surface area contributed by atoms with Gasteiger partial charge in [-0.15, -0.1) is 24.0 Å². The minimum Gasteiger partial charge on any atom is -0.356 e. The largest absolute Gasteiger partial charge is 0.356 e. The van der Waals surface area contributed by atoms with E-state index < -0.39 is 15.8 Å². The highest BCUT2D eigenvalue weighted by molar-refractivity contribution is 14.0. The summed E-state index contributed by atoms with van der Waals surface area (Å²) in [6.07, 6.45) is 1.55. The van der Waals surface area contributed by atoms with E-state index in [4.69, 9.17) is 0 Å². The van der Waals surface area contributed by atoms with Crippen LogP contribution in [0.3, 0.4) is 0 Å². The van der Waals surface area contributed by atoms with Crippen molar-refractivity contribution in [3.05, 3.63) is 29.6 Å². The molecule has 1 saturated heterocycles. The van der Waals surface area contributed by atoms with E-state index in [9.17, 15) is 12.8 Å². The maximum atomic E-state index is 14.2. The molecule has 0 radical (unpaired) electrons. The Labute approximate surface area is 152 Å². The Morgan fingerprint density at radius 1 is 1.35 bits per heavy atom. The smallest absolute Gasteiger partial charge is 0.235 e. The van der Waals surface area contributed by atoms with Gasteiger partial charge in [0.1, 0.15) is 5.82 Å². The van der Waals surface area contributed by atoms with Gasteiger partial charge in [0.05, 0.1) is 11.4 Å². The van der Waals surface area contributed by atoms with Crippen LogP contribution < -0.4 is 14.9 Å². The molecule has 3 rings (SSSR count). The van der Waals surface area contributed by atoms with Crippen molar-refractivity contribution in [2.24, 2.45) is 4.99 Å². The second-order valence-electron chi connectivity index (χ2n) is 5.39. The lowest BCUT2D eigenvalue weighted by atomic mass is 10.2. The summed E-state index contributed by atoms with van der Waals surface area (Å²) in [5.74, 6) is 0.294. The Hall–Kier alpha value is -1.10. The van der Waals surface area contributed by atoms with E-state index >= 15 is 0 Å². The third kappa shape index (κ3) is 4.25. The van der Waals surface area contributed by atoms with Gasteiger partial charge in [-0.1, -0.05) is 6.07 Å². The Morgan fingerprint density at radius 2 is 2.17 bits per heavy atom. The first kappa shape index (κ1) is 18.2. The predicted octanol–water partition coefficient (Wildman–Crippen LogP) is 1.42. The van der Waals surface area contributed by atoms with Crippen LogP contribution in [-0.4, -0.2) is 39.8 Å². The second-order valence-corrected chi connectivity index (χ2v) is 7.40. The molecule has 1 fully saturated rings. The summed E-state index contributed by atoms with van der Waals surface area (Å²) in [6, 6.07) is 4.65. The van der Waals surface area contributed by atoms with Gasteiger partial charge in [-0.3, -0.25) is 9.30 Å². The Kier molecular flexibility index (Phi) is 6.06. The van der Waals surface area contributed by atoms with Crippen molar-refractivity contribution in [1.82, 2.24) is 10.6 Å². The first-order chi connectivity index (χ1) is 10.6. The lowest BCUT2D eigenvalue weighted by Crippen LogP contribution is -2.40. The Balaban J connectivity index is 0.00000192. The topological polar surface area (TPSA) is 73.8 Å².